The Labute approximate surface area is 89.9 Å². The molecule has 15 heavy (non-hydrogen) atoms. The quantitative estimate of drug-likeness (QED) is 0.620. The summed E-state index contributed by atoms with van der Waals surface area (Å²) in [6, 6.07) is 0. The Morgan fingerprint density at radius 1 is 1.27 bits per heavy atom. The van der Waals surface area contributed by atoms with E-state index in [1.54, 1.807) is 0 Å². The Morgan fingerprint density at radius 3 is 2.53 bits per heavy atom. The van der Waals surface area contributed by atoms with E-state index in [-0.39, 0.29) is 5.97 Å². The molecular formula is C11H18O4. The van der Waals surface area contributed by atoms with Crippen molar-refractivity contribution in [1.82, 2.24) is 0 Å². The Balaban J connectivity index is 2.12. The zero-order valence-electron chi connectivity index (χ0n) is 9.38. The zero-order valence-corrected chi connectivity index (χ0v) is 9.38. The van der Waals surface area contributed by atoms with E-state index in [1.165, 1.54) is 7.11 Å². The van der Waals surface area contributed by atoms with E-state index in [4.69, 9.17) is 14.2 Å². The van der Waals surface area contributed by atoms with E-state index in [0.717, 1.165) is 19.3 Å². The van der Waals surface area contributed by atoms with Crippen molar-refractivity contribution in [3.63, 3.8) is 0 Å². The molecule has 4 nitrogen and oxygen atoms in total. The highest BCUT2D eigenvalue weighted by atomic mass is 16.7. The molecule has 0 aromatic rings. The lowest BCUT2D eigenvalue weighted by atomic mass is 9.73. The summed E-state index contributed by atoms with van der Waals surface area (Å²) in [5, 5.41) is 0. The van der Waals surface area contributed by atoms with Gasteiger partial charge in [-0.05, 0) is 19.8 Å². The van der Waals surface area contributed by atoms with Crippen LogP contribution in [0, 0.1) is 5.41 Å². The Bertz CT molecular complexity index is 257. The lowest BCUT2D eigenvalue weighted by Gasteiger charge is -2.40. The van der Waals surface area contributed by atoms with Crippen molar-refractivity contribution in [2.24, 2.45) is 5.41 Å². The van der Waals surface area contributed by atoms with Gasteiger partial charge in [-0.25, -0.2) is 0 Å². The molecule has 1 saturated carbocycles. The van der Waals surface area contributed by atoms with Gasteiger partial charge in [0.1, 0.15) is 0 Å². The molecule has 0 radical (unpaired) electrons. The number of esters is 1. The van der Waals surface area contributed by atoms with Crippen molar-refractivity contribution in [1.29, 1.82) is 0 Å². The smallest absolute Gasteiger partial charge is 0.311 e. The molecule has 0 amide bonds. The van der Waals surface area contributed by atoms with Crippen molar-refractivity contribution in [2.75, 3.05) is 20.3 Å². The zero-order chi connectivity index (χ0) is 10.9. The van der Waals surface area contributed by atoms with Gasteiger partial charge < -0.3 is 14.2 Å². The first kappa shape index (κ1) is 10.9. The third kappa shape index (κ3) is 1.88. The summed E-state index contributed by atoms with van der Waals surface area (Å²) in [5.74, 6) is -0.665. The summed E-state index contributed by atoms with van der Waals surface area (Å²) in [6.45, 7) is 3.21. The molecule has 2 aliphatic rings. The number of hydrogen-bond donors (Lipinski definition) is 0. The van der Waals surface area contributed by atoms with Crippen LogP contribution in [0.3, 0.4) is 0 Å². The SMILES string of the molecule is COC(=O)C1(C)CCCC2(C1)OCCO2. The van der Waals surface area contributed by atoms with Crippen LogP contribution in [0.1, 0.15) is 32.6 Å². The average molecular weight is 214 g/mol. The van der Waals surface area contributed by atoms with Gasteiger partial charge in [0.05, 0.1) is 25.7 Å². The van der Waals surface area contributed by atoms with Crippen LogP contribution in [-0.2, 0) is 19.0 Å². The van der Waals surface area contributed by atoms with Crippen LogP contribution in [0.2, 0.25) is 0 Å². The molecule has 2 fully saturated rings. The topological polar surface area (TPSA) is 44.8 Å². The number of hydrogen-bond acceptors (Lipinski definition) is 4. The molecule has 1 aliphatic carbocycles. The van der Waals surface area contributed by atoms with E-state index in [0.29, 0.717) is 19.6 Å². The maximum atomic E-state index is 11.7. The van der Waals surface area contributed by atoms with Crippen LogP contribution in [0.4, 0.5) is 0 Å². The molecule has 1 atom stereocenters. The van der Waals surface area contributed by atoms with Crippen LogP contribution >= 0.6 is 0 Å². The largest absolute Gasteiger partial charge is 0.469 e. The number of ether oxygens (including phenoxy) is 3. The Kier molecular flexibility index (Phi) is 2.73. The minimum absolute atomic E-state index is 0.152. The number of carbonyl (C=O) groups excluding carboxylic acids is 1. The highest BCUT2D eigenvalue weighted by Crippen LogP contribution is 2.46. The van der Waals surface area contributed by atoms with E-state index < -0.39 is 11.2 Å². The van der Waals surface area contributed by atoms with E-state index >= 15 is 0 Å². The molecule has 1 unspecified atom stereocenters. The van der Waals surface area contributed by atoms with Gasteiger partial charge in [0.2, 0.25) is 0 Å². The van der Waals surface area contributed by atoms with Gasteiger partial charge >= 0.3 is 5.97 Å². The van der Waals surface area contributed by atoms with Crippen LogP contribution < -0.4 is 0 Å². The molecule has 4 heteroatoms. The van der Waals surface area contributed by atoms with Gasteiger partial charge in [-0.3, -0.25) is 4.79 Å². The van der Waals surface area contributed by atoms with Crippen molar-refractivity contribution >= 4 is 5.97 Å². The first-order valence-corrected chi connectivity index (χ1v) is 5.47. The third-order valence-corrected chi connectivity index (χ3v) is 3.44. The second-order valence-electron chi connectivity index (χ2n) is 4.69. The van der Waals surface area contributed by atoms with Gasteiger partial charge in [-0.15, -0.1) is 0 Å². The average Bonchev–Trinajstić information content (AvgIpc) is 2.64. The lowest BCUT2D eigenvalue weighted by molar-refractivity contribution is -0.208. The van der Waals surface area contributed by atoms with Crippen molar-refractivity contribution in [2.45, 2.75) is 38.4 Å². The minimum atomic E-state index is -0.513. The molecule has 0 N–H and O–H groups in total. The molecule has 0 aromatic heterocycles. The summed E-state index contributed by atoms with van der Waals surface area (Å²) in [4.78, 5) is 11.7. The third-order valence-electron chi connectivity index (χ3n) is 3.44. The molecule has 1 spiro atoms. The normalized spacial score (nSPS) is 34.3. The molecule has 0 bridgehead atoms. The molecule has 0 aromatic carbocycles. The Morgan fingerprint density at radius 2 is 1.93 bits per heavy atom. The van der Waals surface area contributed by atoms with Crippen LogP contribution in [0.25, 0.3) is 0 Å². The molecule has 2 rings (SSSR count). The predicted molar refractivity (Wildman–Crippen MR) is 53.2 cm³/mol. The molecule has 1 saturated heterocycles. The van der Waals surface area contributed by atoms with Crippen LogP contribution in [0.5, 0.6) is 0 Å². The van der Waals surface area contributed by atoms with Gasteiger partial charge in [0.15, 0.2) is 5.79 Å². The van der Waals surface area contributed by atoms with Crippen LogP contribution in [0.15, 0.2) is 0 Å². The highest BCUT2D eigenvalue weighted by Gasteiger charge is 2.50. The summed E-state index contributed by atoms with van der Waals surface area (Å²) >= 11 is 0. The fourth-order valence-corrected chi connectivity index (χ4v) is 2.68. The number of rotatable bonds is 1. The Hall–Kier alpha value is -0.610. The van der Waals surface area contributed by atoms with Gasteiger partial charge in [-0.2, -0.15) is 0 Å². The maximum Gasteiger partial charge on any atom is 0.311 e. The fraction of sp³-hybridized carbons (Fsp3) is 0.909. The predicted octanol–water partition coefficient (Wildman–Crippen LogP) is 1.48. The van der Waals surface area contributed by atoms with E-state index in [1.807, 2.05) is 6.92 Å². The molecular weight excluding hydrogens is 196 g/mol. The maximum absolute atomic E-state index is 11.7. The lowest BCUT2D eigenvalue weighted by Crippen LogP contribution is -2.45. The van der Waals surface area contributed by atoms with E-state index in [2.05, 4.69) is 0 Å². The monoisotopic (exact) mass is 214 g/mol. The van der Waals surface area contributed by atoms with Crippen molar-refractivity contribution < 1.29 is 19.0 Å². The summed E-state index contributed by atoms with van der Waals surface area (Å²) < 4.78 is 16.1. The molecule has 1 heterocycles. The van der Waals surface area contributed by atoms with Gasteiger partial charge in [0.25, 0.3) is 0 Å². The van der Waals surface area contributed by atoms with Crippen molar-refractivity contribution in [3.05, 3.63) is 0 Å². The van der Waals surface area contributed by atoms with Crippen molar-refractivity contribution in [3.8, 4) is 0 Å². The standard InChI is InChI=1S/C11H18O4/c1-10(9(12)13-2)4-3-5-11(8-10)14-6-7-15-11/h3-8H2,1-2H3. The van der Waals surface area contributed by atoms with Gasteiger partial charge in [-0.1, -0.05) is 0 Å². The molecule has 1 aliphatic heterocycles. The molecule has 86 valence electrons. The fourth-order valence-electron chi connectivity index (χ4n) is 2.68. The first-order chi connectivity index (χ1) is 7.10. The summed E-state index contributed by atoms with van der Waals surface area (Å²) in [6.07, 6.45) is 3.31. The summed E-state index contributed by atoms with van der Waals surface area (Å²) in [7, 11) is 1.44. The second kappa shape index (κ2) is 3.76. The van der Waals surface area contributed by atoms with Crippen LogP contribution in [-0.4, -0.2) is 32.1 Å². The van der Waals surface area contributed by atoms with E-state index in [9.17, 15) is 4.79 Å². The first-order valence-electron chi connectivity index (χ1n) is 5.47. The van der Waals surface area contributed by atoms with Gasteiger partial charge in [0, 0.05) is 12.8 Å². The number of methoxy groups -OCH3 is 1. The highest BCUT2D eigenvalue weighted by molar-refractivity contribution is 5.76. The second-order valence-corrected chi connectivity index (χ2v) is 4.69. The minimum Gasteiger partial charge on any atom is -0.469 e. The summed E-state index contributed by atoms with van der Waals surface area (Å²) in [5.41, 5.74) is -0.447. The number of carbonyl (C=O) groups is 1.